The van der Waals surface area contributed by atoms with E-state index < -0.39 is 11.7 Å². The van der Waals surface area contributed by atoms with Gasteiger partial charge >= 0.3 is 6.18 Å². The Bertz CT molecular complexity index is 801. The molecule has 1 N–H and O–H groups in total. The molecule has 0 atom stereocenters. The van der Waals surface area contributed by atoms with Crippen LogP contribution in [-0.4, -0.2) is 52.3 Å². The van der Waals surface area contributed by atoms with Crippen molar-refractivity contribution in [1.82, 2.24) is 19.9 Å². The molecule has 1 aliphatic rings. The van der Waals surface area contributed by atoms with E-state index in [9.17, 15) is 18.0 Å². The van der Waals surface area contributed by atoms with E-state index in [-0.39, 0.29) is 5.82 Å². The first kappa shape index (κ1) is 18.6. The SMILES string of the molecule is O=CC=CN1CCN(c2nccnc2Nc2ccc(C(F)(F)F)cn2)CC1. The highest BCUT2D eigenvalue weighted by Crippen LogP contribution is 2.30. The smallest absolute Gasteiger partial charge is 0.374 e. The molecule has 0 unspecified atom stereocenters. The van der Waals surface area contributed by atoms with E-state index in [1.807, 2.05) is 9.80 Å². The lowest BCUT2D eigenvalue weighted by molar-refractivity contribution is -0.137. The molecule has 3 heterocycles. The minimum absolute atomic E-state index is 0.248. The Morgan fingerprint density at radius 3 is 2.41 bits per heavy atom. The van der Waals surface area contributed by atoms with E-state index in [1.165, 1.54) is 18.3 Å². The third-order valence-electron chi connectivity index (χ3n) is 4.01. The van der Waals surface area contributed by atoms with Gasteiger partial charge in [-0.2, -0.15) is 13.2 Å². The van der Waals surface area contributed by atoms with Crippen LogP contribution in [0.5, 0.6) is 0 Å². The number of carbonyl (C=O) groups is 1. The molecule has 2 aromatic heterocycles. The second-order valence-corrected chi connectivity index (χ2v) is 5.78. The van der Waals surface area contributed by atoms with Crippen LogP contribution < -0.4 is 10.2 Å². The van der Waals surface area contributed by atoms with Gasteiger partial charge in [0, 0.05) is 51.0 Å². The molecule has 0 aromatic carbocycles. The number of anilines is 3. The summed E-state index contributed by atoms with van der Waals surface area (Å²) in [7, 11) is 0. The molecule has 0 amide bonds. The van der Waals surface area contributed by atoms with Crippen LogP contribution in [0, 0.1) is 0 Å². The first-order valence-electron chi connectivity index (χ1n) is 8.19. The van der Waals surface area contributed by atoms with Gasteiger partial charge in [-0.1, -0.05) is 0 Å². The van der Waals surface area contributed by atoms with Gasteiger partial charge in [0.05, 0.1) is 5.56 Å². The van der Waals surface area contributed by atoms with E-state index >= 15 is 0 Å². The number of alkyl halides is 3. The van der Waals surface area contributed by atoms with Gasteiger partial charge in [0.15, 0.2) is 11.6 Å². The summed E-state index contributed by atoms with van der Waals surface area (Å²) in [6.45, 7) is 2.74. The summed E-state index contributed by atoms with van der Waals surface area (Å²) in [6, 6.07) is 2.22. The van der Waals surface area contributed by atoms with Crippen molar-refractivity contribution in [2.75, 3.05) is 36.4 Å². The maximum atomic E-state index is 12.6. The fourth-order valence-corrected chi connectivity index (χ4v) is 2.65. The molecule has 1 fully saturated rings. The largest absolute Gasteiger partial charge is 0.417 e. The molecule has 0 aliphatic carbocycles. The van der Waals surface area contributed by atoms with Gasteiger partial charge in [0.2, 0.25) is 0 Å². The van der Waals surface area contributed by atoms with Crippen molar-refractivity contribution in [3.8, 4) is 0 Å². The zero-order valence-electron chi connectivity index (χ0n) is 14.2. The normalized spacial score (nSPS) is 15.2. The van der Waals surface area contributed by atoms with Gasteiger partial charge in [-0.05, 0) is 18.2 Å². The van der Waals surface area contributed by atoms with Crippen LogP contribution in [0.25, 0.3) is 0 Å². The van der Waals surface area contributed by atoms with Gasteiger partial charge in [-0.15, -0.1) is 0 Å². The van der Waals surface area contributed by atoms with Gasteiger partial charge in [-0.25, -0.2) is 15.0 Å². The summed E-state index contributed by atoms with van der Waals surface area (Å²) in [5.74, 6) is 1.26. The Balaban J connectivity index is 1.71. The summed E-state index contributed by atoms with van der Waals surface area (Å²) in [6.07, 6.45) is 3.32. The van der Waals surface area contributed by atoms with E-state index in [0.29, 0.717) is 37.8 Å². The Kier molecular flexibility index (Phi) is 5.53. The number of nitrogens with one attached hydrogen (secondary N) is 1. The third kappa shape index (κ3) is 4.72. The number of halogens is 3. The number of nitrogens with zero attached hydrogens (tertiary/aromatic N) is 5. The molecule has 1 aliphatic heterocycles. The van der Waals surface area contributed by atoms with Crippen molar-refractivity contribution in [3.05, 3.63) is 48.6 Å². The molecule has 0 spiro atoms. The number of aromatic nitrogens is 3. The molecule has 142 valence electrons. The highest BCUT2D eigenvalue weighted by atomic mass is 19.4. The highest BCUT2D eigenvalue weighted by molar-refractivity contribution is 5.67. The number of allylic oxidation sites excluding steroid dienone is 1. The Morgan fingerprint density at radius 2 is 1.78 bits per heavy atom. The number of hydrogen-bond donors (Lipinski definition) is 1. The predicted octanol–water partition coefficient (Wildman–Crippen LogP) is 2.47. The molecular formula is C17H17F3N6O. The van der Waals surface area contributed by atoms with E-state index in [0.717, 1.165) is 18.5 Å². The monoisotopic (exact) mass is 378 g/mol. The Hall–Kier alpha value is -3.17. The van der Waals surface area contributed by atoms with Crippen molar-refractivity contribution in [2.45, 2.75) is 6.18 Å². The molecule has 1 saturated heterocycles. The van der Waals surface area contributed by atoms with E-state index in [2.05, 4.69) is 20.3 Å². The molecule has 0 bridgehead atoms. The third-order valence-corrected chi connectivity index (χ3v) is 4.01. The van der Waals surface area contributed by atoms with Crippen molar-refractivity contribution in [1.29, 1.82) is 0 Å². The minimum Gasteiger partial charge on any atom is -0.374 e. The minimum atomic E-state index is -4.43. The molecule has 7 nitrogen and oxygen atoms in total. The van der Waals surface area contributed by atoms with Crippen molar-refractivity contribution >= 4 is 23.7 Å². The molecular weight excluding hydrogens is 361 g/mol. The lowest BCUT2D eigenvalue weighted by Crippen LogP contribution is -2.44. The van der Waals surface area contributed by atoms with Crippen LogP contribution in [0.1, 0.15) is 5.56 Å². The fraction of sp³-hybridized carbons (Fsp3) is 0.294. The summed E-state index contributed by atoms with van der Waals surface area (Å²) in [4.78, 5) is 26.8. The lowest BCUT2D eigenvalue weighted by Gasteiger charge is -2.35. The predicted molar refractivity (Wildman–Crippen MR) is 93.5 cm³/mol. The summed E-state index contributed by atoms with van der Waals surface area (Å²) >= 11 is 0. The standard InChI is InChI=1S/C17H17F3N6O/c18-17(19,20)13-2-3-14(23-12-13)24-15-16(22-5-4-21-15)26-9-7-25(8-10-26)6-1-11-27/h1-6,11-12H,7-10H2,(H,21,23,24). The van der Waals surface area contributed by atoms with E-state index in [4.69, 9.17) is 0 Å². The first-order chi connectivity index (χ1) is 13.0. The second kappa shape index (κ2) is 8.02. The molecule has 2 aromatic rings. The van der Waals surface area contributed by atoms with Crippen LogP contribution in [0.2, 0.25) is 0 Å². The van der Waals surface area contributed by atoms with Gasteiger partial charge in [0.1, 0.15) is 12.1 Å². The van der Waals surface area contributed by atoms with Crippen LogP contribution >= 0.6 is 0 Å². The average Bonchev–Trinajstić information content (AvgIpc) is 2.67. The number of carbonyl (C=O) groups excluding carboxylic acids is 1. The number of piperazine rings is 1. The Labute approximate surface area is 153 Å². The van der Waals surface area contributed by atoms with Gasteiger partial charge in [0.25, 0.3) is 0 Å². The molecule has 10 heteroatoms. The molecule has 0 saturated carbocycles. The average molecular weight is 378 g/mol. The summed E-state index contributed by atoms with van der Waals surface area (Å²) < 4.78 is 37.9. The lowest BCUT2D eigenvalue weighted by atomic mass is 10.3. The topological polar surface area (TPSA) is 74.2 Å². The van der Waals surface area contributed by atoms with E-state index in [1.54, 1.807) is 12.4 Å². The van der Waals surface area contributed by atoms with Crippen LogP contribution in [-0.2, 0) is 11.0 Å². The summed E-state index contributed by atoms with van der Waals surface area (Å²) in [5.41, 5.74) is -0.813. The Morgan fingerprint density at radius 1 is 1.04 bits per heavy atom. The number of pyridine rings is 1. The van der Waals surface area contributed by atoms with Crippen LogP contribution in [0.4, 0.5) is 30.6 Å². The molecule has 27 heavy (non-hydrogen) atoms. The van der Waals surface area contributed by atoms with Crippen molar-refractivity contribution < 1.29 is 18.0 Å². The van der Waals surface area contributed by atoms with Gasteiger partial charge < -0.3 is 15.1 Å². The molecule has 0 radical (unpaired) electrons. The van der Waals surface area contributed by atoms with Crippen LogP contribution in [0.15, 0.2) is 43.0 Å². The van der Waals surface area contributed by atoms with Crippen LogP contribution in [0.3, 0.4) is 0 Å². The van der Waals surface area contributed by atoms with Crippen molar-refractivity contribution in [3.63, 3.8) is 0 Å². The maximum Gasteiger partial charge on any atom is 0.417 e. The number of rotatable bonds is 5. The fourth-order valence-electron chi connectivity index (χ4n) is 2.65. The number of hydrogen-bond acceptors (Lipinski definition) is 7. The number of aldehydes is 1. The second-order valence-electron chi connectivity index (χ2n) is 5.78. The molecule has 3 rings (SSSR count). The quantitative estimate of drug-likeness (QED) is 0.633. The zero-order chi connectivity index (χ0) is 19.3. The summed E-state index contributed by atoms with van der Waals surface area (Å²) in [5, 5.41) is 2.93. The highest BCUT2D eigenvalue weighted by Gasteiger charge is 2.30. The first-order valence-corrected chi connectivity index (χ1v) is 8.19. The zero-order valence-corrected chi connectivity index (χ0v) is 14.2. The maximum absolute atomic E-state index is 12.6. The van der Waals surface area contributed by atoms with Gasteiger partial charge in [-0.3, -0.25) is 4.79 Å². The van der Waals surface area contributed by atoms with Crippen molar-refractivity contribution in [2.24, 2.45) is 0 Å².